The number of sulfonamides is 1. The highest BCUT2D eigenvalue weighted by Gasteiger charge is 2.12. The molecule has 0 amide bonds. The van der Waals surface area contributed by atoms with Gasteiger partial charge < -0.3 is 9.84 Å². The van der Waals surface area contributed by atoms with Crippen LogP contribution in [0.25, 0.3) is 12.2 Å². The number of aromatic nitrogens is 2. The van der Waals surface area contributed by atoms with E-state index in [1.54, 1.807) is 36.4 Å². The van der Waals surface area contributed by atoms with Gasteiger partial charge in [-0.25, -0.2) is 13.1 Å². The maximum Gasteiger partial charge on any atom is 0.250 e. The first-order chi connectivity index (χ1) is 11.9. The lowest BCUT2D eigenvalue weighted by Gasteiger charge is -2.05. The van der Waals surface area contributed by atoms with Crippen molar-refractivity contribution in [1.82, 2.24) is 20.2 Å². The van der Waals surface area contributed by atoms with Gasteiger partial charge in [0.15, 0.2) is 5.82 Å². The van der Waals surface area contributed by atoms with Crippen molar-refractivity contribution in [2.45, 2.75) is 37.6 Å². The second-order valence-corrected chi connectivity index (χ2v) is 7.51. The molecule has 2 aromatic rings. The predicted octanol–water partition coefficient (Wildman–Crippen LogP) is 2.08. The van der Waals surface area contributed by atoms with Gasteiger partial charge in [0.2, 0.25) is 10.0 Å². The number of likely N-dealkylation sites (N-methyl/N-ethyl adjacent to an activating group) is 1. The van der Waals surface area contributed by atoms with Crippen molar-refractivity contribution >= 4 is 22.2 Å². The molecule has 0 aliphatic heterocycles. The van der Waals surface area contributed by atoms with Gasteiger partial charge in [-0.1, -0.05) is 24.2 Å². The van der Waals surface area contributed by atoms with Gasteiger partial charge in [-0.3, -0.25) is 0 Å². The summed E-state index contributed by atoms with van der Waals surface area (Å²) in [5.74, 6) is 1.06. The monoisotopic (exact) mass is 364 g/mol. The summed E-state index contributed by atoms with van der Waals surface area (Å²) in [4.78, 5) is 4.54. The highest BCUT2D eigenvalue weighted by molar-refractivity contribution is 7.89. The van der Waals surface area contributed by atoms with Crippen LogP contribution in [0.1, 0.15) is 37.5 Å². The summed E-state index contributed by atoms with van der Waals surface area (Å²) >= 11 is 0. The third kappa shape index (κ3) is 5.77. The summed E-state index contributed by atoms with van der Waals surface area (Å²) in [6.07, 6.45) is 4.94. The highest BCUT2D eigenvalue weighted by atomic mass is 32.2. The fourth-order valence-electron chi connectivity index (χ4n) is 2.04. The first kappa shape index (κ1) is 19.3. The van der Waals surface area contributed by atoms with Crippen molar-refractivity contribution in [2.75, 3.05) is 13.6 Å². The van der Waals surface area contributed by atoms with Crippen LogP contribution in [0.5, 0.6) is 0 Å². The van der Waals surface area contributed by atoms with Crippen LogP contribution in [-0.2, 0) is 16.4 Å². The fraction of sp³-hybridized carbons (Fsp3) is 0.412. The van der Waals surface area contributed by atoms with Gasteiger partial charge in [0.05, 0.1) is 4.90 Å². The standard InChI is InChI=1S/C17H24N4O3S/c1-4-11-19-25(22,23)15-8-5-14(6-9-15)7-10-17-20-16(21-24-17)12-13(2)18-3/h5-10,13,18-19H,4,11-12H2,1-3H3/b10-7+. The molecule has 0 saturated heterocycles. The van der Waals surface area contributed by atoms with Crippen LogP contribution in [0, 0.1) is 0 Å². The summed E-state index contributed by atoms with van der Waals surface area (Å²) in [7, 11) is -1.56. The number of nitrogens with zero attached hydrogens (tertiary/aromatic N) is 2. The smallest absolute Gasteiger partial charge is 0.250 e. The summed E-state index contributed by atoms with van der Waals surface area (Å²) in [6, 6.07) is 6.89. The first-order valence-electron chi connectivity index (χ1n) is 8.22. The third-order valence-electron chi connectivity index (χ3n) is 3.62. The number of benzene rings is 1. The maximum atomic E-state index is 12.0. The van der Waals surface area contributed by atoms with Gasteiger partial charge in [0.1, 0.15) is 0 Å². The zero-order valence-corrected chi connectivity index (χ0v) is 15.5. The number of rotatable bonds is 9. The minimum atomic E-state index is -3.44. The Kier molecular flexibility index (Phi) is 6.86. The lowest BCUT2D eigenvalue weighted by molar-refractivity contribution is 0.400. The zero-order chi connectivity index (χ0) is 18.3. The molecule has 1 aromatic carbocycles. The molecule has 8 heteroatoms. The summed E-state index contributed by atoms with van der Waals surface area (Å²) in [5.41, 5.74) is 0.845. The predicted molar refractivity (Wildman–Crippen MR) is 97.4 cm³/mol. The van der Waals surface area contributed by atoms with E-state index < -0.39 is 10.0 Å². The lowest BCUT2D eigenvalue weighted by Crippen LogP contribution is -2.24. The molecule has 2 rings (SSSR count). The quantitative estimate of drug-likeness (QED) is 0.707. The van der Waals surface area contributed by atoms with Crippen molar-refractivity contribution in [3.05, 3.63) is 41.5 Å². The van der Waals surface area contributed by atoms with Crippen LogP contribution < -0.4 is 10.0 Å². The Balaban J connectivity index is 2.02. The third-order valence-corrected chi connectivity index (χ3v) is 5.09. The van der Waals surface area contributed by atoms with Crippen LogP contribution in [0.2, 0.25) is 0 Å². The first-order valence-corrected chi connectivity index (χ1v) is 9.70. The van der Waals surface area contributed by atoms with Crippen LogP contribution in [0.3, 0.4) is 0 Å². The van der Waals surface area contributed by atoms with E-state index in [4.69, 9.17) is 4.52 Å². The molecule has 0 radical (unpaired) electrons. The summed E-state index contributed by atoms with van der Waals surface area (Å²) < 4.78 is 31.8. The Morgan fingerprint density at radius 2 is 1.96 bits per heavy atom. The van der Waals surface area contributed by atoms with Crippen molar-refractivity contribution in [3.63, 3.8) is 0 Å². The molecule has 1 heterocycles. The fourth-order valence-corrected chi connectivity index (χ4v) is 3.17. The molecule has 1 aromatic heterocycles. The zero-order valence-electron chi connectivity index (χ0n) is 14.7. The number of nitrogens with one attached hydrogen (secondary N) is 2. The SMILES string of the molecule is CCCNS(=O)(=O)c1ccc(/C=C/c2nc(CC(C)NC)no2)cc1. The van der Waals surface area contributed by atoms with Crippen molar-refractivity contribution < 1.29 is 12.9 Å². The van der Waals surface area contributed by atoms with Crippen LogP contribution in [0.4, 0.5) is 0 Å². The van der Waals surface area contributed by atoms with Gasteiger partial charge in [-0.15, -0.1) is 0 Å². The molecule has 2 N–H and O–H groups in total. The maximum absolute atomic E-state index is 12.0. The molecule has 136 valence electrons. The highest BCUT2D eigenvalue weighted by Crippen LogP contribution is 2.13. The minimum absolute atomic E-state index is 0.249. The Morgan fingerprint density at radius 3 is 2.60 bits per heavy atom. The normalized spacial score (nSPS) is 13.4. The van der Waals surface area contributed by atoms with E-state index in [0.29, 0.717) is 24.7 Å². The molecule has 0 saturated carbocycles. The van der Waals surface area contributed by atoms with Crippen LogP contribution in [0.15, 0.2) is 33.7 Å². The van der Waals surface area contributed by atoms with Crippen molar-refractivity contribution in [3.8, 4) is 0 Å². The van der Waals surface area contributed by atoms with E-state index in [0.717, 1.165) is 12.0 Å². The Labute approximate surface area is 148 Å². The van der Waals surface area contributed by atoms with Gasteiger partial charge >= 0.3 is 0 Å². The van der Waals surface area contributed by atoms with Gasteiger partial charge in [-0.2, -0.15) is 4.98 Å². The van der Waals surface area contributed by atoms with Crippen molar-refractivity contribution in [1.29, 1.82) is 0 Å². The largest absolute Gasteiger partial charge is 0.335 e. The minimum Gasteiger partial charge on any atom is -0.335 e. The molecule has 1 atom stereocenters. The molecule has 0 aliphatic rings. The summed E-state index contributed by atoms with van der Waals surface area (Å²) in [5, 5.41) is 7.04. The Bertz CT molecular complexity index is 798. The average molecular weight is 364 g/mol. The molecule has 25 heavy (non-hydrogen) atoms. The van der Waals surface area contributed by atoms with Crippen LogP contribution in [-0.4, -0.2) is 38.2 Å². The summed E-state index contributed by atoms with van der Waals surface area (Å²) in [6.45, 7) is 4.38. The Morgan fingerprint density at radius 1 is 1.24 bits per heavy atom. The molecule has 7 nitrogen and oxygen atoms in total. The lowest BCUT2D eigenvalue weighted by atomic mass is 10.2. The van der Waals surface area contributed by atoms with Gasteiger partial charge in [0.25, 0.3) is 5.89 Å². The second-order valence-electron chi connectivity index (χ2n) is 5.74. The molecule has 0 spiro atoms. The topological polar surface area (TPSA) is 97.1 Å². The van der Waals surface area contributed by atoms with E-state index in [2.05, 4.69) is 20.2 Å². The molecular formula is C17H24N4O3S. The molecule has 0 aliphatic carbocycles. The van der Waals surface area contributed by atoms with E-state index in [-0.39, 0.29) is 10.9 Å². The van der Waals surface area contributed by atoms with E-state index in [9.17, 15) is 8.42 Å². The van der Waals surface area contributed by atoms with Gasteiger partial charge in [-0.05, 0) is 44.2 Å². The molecular weight excluding hydrogens is 340 g/mol. The molecule has 1 unspecified atom stereocenters. The molecule has 0 fully saturated rings. The van der Waals surface area contributed by atoms with Gasteiger partial charge in [0, 0.05) is 25.1 Å². The number of hydrogen-bond acceptors (Lipinski definition) is 6. The van der Waals surface area contributed by atoms with E-state index in [1.807, 2.05) is 20.9 Å². The average Bonchev–Trinajstić information content (AvgIpc) is 3.06. The van der Waals surface area contributed by atoms with E-state index >= 15 is 0 Å². The van der Waals surface area contributed by atoms with E-state index in [1.165, 1.54) is 0 Å². The Hall–Kier alpha value is -2.03. The second kappa shape index (κ2) is 8.89. The van der Waals surface area contributed by atoms with Crippen molar-refractivity contribution in [2.24, 2.45) is 0 Å². The number of hydrogen-bond donors (Lipinski definition) is 2. The van der Waals surface area contributed by atoms with Crippen LogP contribution >= 0.6 is 0 Å². The molecule has 0 bridgehead atoms.